The molecular formula is C21H32N2O2. The van der Waals surface area contributed by atoms with Crippen molar-refractivity contribution in [1.29, 1.82) is 0 Å². The molecule has 4 unspecified atom stereocenters. The SMILES string of the molecule is CCCC(C=O)CC=CC1=CCC2C(=C1)C(NC=O)CC(C)N2CC. The fourth-order valence-electron chi connectivity index (χ4n) is 4.20. The van der Waals surface area contributed by atoms with Crippen LogP contribution in [0.1, 0.15) is 52.9 Å². The summed E-state index contributed by atoms with van der Waals surface area (Å²) in [6.45, 7) is 7.58. The smallest absolute Gasteiger partial charge is 0.207 e. The zero-order chi connectivity index (χ0) is 18.2. The van der Waals surface area contributed by atoms with Crippen LogP contribution in [0, 0.1) is 5.92 Å². The minimum atomic E-state index is 0.125. The molecule has 4 nitrogen and oxygen atoms in total. The van der Waals surface area contributed by atoms with Gasteiger partial charge in [-0.1, -0.05) is 44.6 Å². The Labute approximate surface area is 152 Å². The number of likely N-dealkylation sites (tertiary alicyclic amines) is 1. The van der Waals surface area contributed by atoms with Gasteiger partial charge in [-0.05, 0) is 50.3 Å². The van der Waals surface area contributed by atoms with Crippen LogP contribution in [0.3, 0.4) is 0 Å². The maximum atomic E-state index is 11.1. The summed E-state index contributed by atoms with van der Waals surface area (Å²) in [7, 11) is 0. The van der Waals surface area contributed by atoms with Gasteiger partial charge < -0.3 is 10.1 Å². The van der Waals surface area contributed by atoms with Crippen molar-refractivity contribution in [2.24, 2.45) is 5.92 Å². The van der Waals surface area contributed by atoms with Crippen molar-refractivity contribution >= 4 is 12.7 Å². The van der Waals surface area contributed by atoms with Gasteiger partial charge in [0.25, 0.3) is 0 Å². The lowest BCUT2D eigenvalue weighted by Crippen LogP contribution is -2.54. The first-order chi connectivity index (χ1) is 12.1. The highest BCUT2D eigenvalue weighted by molar-refractivity contribution is 5.54. The van der Waals surface area contributed by atoms with Crippen LogP contribution in [-0.2, 0) is 9.59 Å². The standard InChI is InChI=1S/C21H32N2O2/c1-4-7-18(14-24)9-6-8-17-10-11-21-19(13-17)20(22-15-25)12-16(3)23(21)5-2/h6,8,10,13-16,18,20-21H,4-5,7,9,11-12H2,1-3H3,(H,22,25). The molecule has 1 amide bonds. The molecule has 4 heteroatoms. The molecule has 1 aliphatic heterocycles. The van der Waals surface area contributed by atoms with Gasteiger partial charge >= 0.3 is 0 Å². The Kier molecular flexibility index (Phi) is 7.63. The van der Waals surface area contributed by atoms with E-state index in [1.807, 2.05) is 0 Å². The molecule has 0 aromatic heterocycles. The number of fused-ring (bicyclic) bond motifs is 1. The number of amides is 1. The summed E-state index contributed by atoms with van der Waals surface area (Å²) in [6, 6.07) is 0.976. The van der Waals surface area contributed by atoms with Crippen molar-refractivity contribution < 1.29 is 9.59 Å². The number of piperidine rings is 1. The summed E-state index contributed by atoms with van der Waals surface area (Å²) in [5, 5.41) is 3.01. The van der Waals surface area contributed by atoms with E-state index in [-0.39, 0.29) is 12.0 Å². The Bertz CT molecular complexity index is 550. The number of nitrogens with zero attached hydrogens (tertiary/aromatic N) is 1. The summed E-state index contributed by atoms with van der Waals surface area (Å²) in [5.41, 5.74) is 2.50. The highest BCUT2D eigenvalue weighted by Gasteiger charge is 2.36. The number of rotatable bonds is 9. The van der Waals surface area contributed by atoms with Crippen molar-refractivity contribution in [2.75, 3.05) is 6.54 Å². The number of likely N-dealkylation sites (N-methyl/N-ethyl adjacent to an activating group) is 1. The first-order valence-corrected chi connectivity index (χ1v) is 9.63. The average Bonchev–Trinajstić information content (AvgIpc) is 2.61. The second kappa shape index (κ2) is 9.71. The van der Waals surface area contributed by atoms with Gasteiger partial charge in [-0.25, -0.2) is 0 Å². The molecular weight excluding hydrogens is 312 g/mol. The third kappa shape index (κ3) is 4.91. The molecule has 1 aliphatic carbocycles. The molecule has 2 rings (SSSR count). The Balaban J connectivity index is 2.11. The number of hydrogen-bond donors (Lipinski definition) is 1. The largest absolute Gasteiger partial charge is 0.352 e. The third-order valence-electron chi connectivity index (χ3n) is 5.48. The molecule has 0 bridgehead atoms. The molecule has 1 fully saturated rings. The highest BCUT2D eigenvalue weighted by Crippen LogP contribution is 2.34. The summed E-state index contributed by atoms with van der Waals surface area (Å²) >= 11 is 0. The zero-order valence-corrected chi connectivity index (χ0v) is 15.8. The summed E-state index contributed by atoms with van der Waals surface area (Å²) < 4.78 is 0. The van der Waals surface area contributed by atoms with Crippen LogP contribution >= 0.6 is 0 Å². The highest BCUT2D eigenvalue weighted by atomic mass is 16.1. The minimum absolute atomic E-state index is 0.125. The van der Waals surface area contributed by atoms with E-state index in [1.54, 1.807) is 0 Å². The van der Waals surface area contributed by atoms with Gasteiger partial charge in [0.1, 0.15) is 6.29 Å². The van der Waals surface area contributed by atoms with E-state index in [0.29, 0.717) is 12.1 Å². The van der Waals surface area contributed by atoms with Gasteiger partial charge in [0.15, 0.2) is 0 Å². The normalized spacial score (nSPS) is 28.0. The molecule has 1 saturated heterocycles. The molecule has 0 aromatic carbocycles. The number of allylic oxidation sites excluding steroid dienone is 4. The zero-order valence-electron chi connectivity index (χ0n) is 15.8. The quantitative estimate of drug-likeness (QED) is 0.652. The molecule has 1 N–H and O–H groups in total. The van der Waals surface area contributed by atoms with Gasteiger partial charge in [-0.2, -0.15) is 0 Å². The Hall–Kier alpha value is -1.68. The first-order valence-electron chi connectivity index (χ1n) is 9.63. The lowest BCUT2D eigenvalue weighted by atomic mass is 9.81. The molecule has 0 aromatic rings. The van der Waals surface area contributed by atoms with Crippen molar-refractivity contribution in [1.82, 2.24) is 10.2 Å². The van der Waals surface area contributed by atoms with E-state index in [1.165, 1.54) is 11.1 Å². The van der Waals surface area contributed by atoms with Crippen molar-refractivity contribution in [3.05, 3.63) is 35.5 Å². The van der Waals surface area contributed by atoms with Gasteiger partial charge in [0, 0.05) is 18.0 Å². The van der Waals surface area contributed by atoms with Crippen molar-refractivity contribution in [2.45, 2.75) is 71.0 Å². The number of aldehydes is 1. The number of carbonyl (C=O) groups is 2. The molecule has 0 saturated carbocycles. The first kappa shape index (κ1) is 19.6. The van der Waals surface area contributed by atoms with Gasteiger partial charge in [-0.3, -0.25) is 9.69 Å². The van der Waals surface area contributed by atoms with Crippen LogP contribution in [0.25, 0.3) is 0 Å². The summed E-state index contributed by atoms with van der Waals surface area (Å²) in [5.74, 6) is 0.126. The fourth-order valence-corrected chi connectivity index (χ4v) is 4.20. The summed E-state index contributed by atoms with van der Waals surface area (Å²) in [6.07, 6.45) is 15.4. The average molecular weight is 344 g/mol. The second-order valence-electron chi connectivity index (χ2n) is 7.18. The molecule has 0 radical (unpaired) electrons. The maximum absolute atomic E-state index is 11.1. The van der Waals surface area contributed by atoms with Crippen molar-refractivity contribution in [3.8, 4) is 0 Å². The molecule has 0 spiro atoms. The Morgan fingerprint density at radius 3 is 2.80 bits per heavy atom. The van der Waals surface area contributed by atoms with Crippen LogP contribution in [-0.4, -0.2) is 42.3 Å². The van der Waals surface area contributed by atoms with E-state index in [2.05, 4.69) is 55.3 Å². The fraction of sp³-hybridized carbons (Fsp3) is 0.619. The van der Waals surface area contributed by atoms with Crippen molar-refractivity contribution in [3.63, 3.8) is 0 Å². The predicted octanol–water partition coefficient (Wildman–Crippen LogP) is 3.40. The van der Waals surface area contributed by atoms with Crippen LogP contribution in [0.2, 0.25) is 0 Å². The summed E-state index contributed by atoms with van der Waals surface area (Å²) in [4.78, 5) is 24.6. The molecule has 4 atom stereocenters. The lowest BCUT2D eigenvalue weighted by Gasteiger charge is -2.46. The number of carbonyl (C=O) groups excluding carboxylic acids is 2. The molecule has 25 heavy (non-hydrogen) atoms. The van der Waals surface area contributed by atoms with Crippen LogP contribution in [0.4, 0.5) is 0 Å². The molecule has 1 heterocycles. The number of nitrogens with one attached hydrogen (secondary N) is 1. The molecule has 138 valence electrons. The second-order valence-corrected chi connectivity index (χ2v) is 7.18. The topological polar surface area (TPSA) is 49.4 Å². The van der Waals surface area contributed by atoms with E-state index < -0.39 is 0 Å². The lowest BCUT2D eigenvalue weighted by molar-refractivity contribution is -0.111. The van der Waals surface area contributed by atoms with E-state index in [4.69, 9.17) is 0 Å². The minimum Gasteiger partial charge on any atom is -0.352 e. The monoisotopic (exact) mass is 344 g/mol. The Morgan fingerprint density at radius 1 is 1.36 bits per heavy atom. The van der Waals surface area contributed by atoms with Crippen LogP contribution < -0.4 is 5.32 Å². The van der Waals surface area contributed by atoms with Crippen LogP contribution in [0.15, 0.2) is 35.5 Å². The molecule has 2 aliphatic rings. The van der Waals surface area contributed by atoms with E-state index >= 15 is 0 Å². The van der Waals surface area contributed by atoms with Gasteiger partial charge in [0.05, 0.1) is 6.04 Å². The Morgan fingerprint density at radius 2 is 2.16 bits per heavy atom. The van der Waals surface area contributed by atoms with E-state index in [9.17, 15) is 9.59 Å². The maximum Gasteiger partial charge on any atom is 0.207 e. The predicted molar refractivity (Wildman–Crippen MR) is 102 cm³/mol. The van der Waals surface area contributed by atoms with Gasteiger partial charge in [0.2, 0.25) is 6.41 Å². The van der Waals surface area contributed by atoms with Crippen LogP contribution in [0.5, 0.6) is 0 Å². The third-order valence-corrected chi connectivity index (χ3v) is 5.48. The van der Waals surface area contributed by atoms with E-state index in [0.717, 1.165) is 51.3 Å². The van der Waals surface area contributed by atoms with Gasteiger partial charge in [-0.15, -0.1) is 0 Å². The number of hydrogen-bond acceptors (Lipinski definition) is 3.